The Bertz CT molecular complexity index is 1510. The molecular formula is C65H115NO10. The Labute approximate surface area is 464 Å². The van der Waals surface area contributed by atoms with E-state index in [1.807, 2.05) is 6.08 Å². The third-order valence-corrected chi connectivity index (χ3v) is 14.4. The van der Waals surface area contributed by atoms with E-state index in [4.69, 9.17) is 14.2 Å². The van der Waals surface area contributed by atoms with Crippen molar-refractivity contribution in [3.05, 3.63) is 72.9 Å². The molecule has 1 amide bonds. The van der Waals surface area contributed by atoms with Gasteiger partial charge in [0.1, 0.15) is 24.4 Å². The number of allylic oxidation sites excluding steroid dienone is 11. The zero-order valence-electron chi connectivity index (χ0n) is 48.6. The third-order valence-electron chi connectivity index (χ3n) is 14.4. The van der Waals surface area contributed by atoms with Crippen LogP contribution in [0.1, 0.15) is 265 Å². The molecule has 8 atom stereocenters. The van der Waals surface area contributed by atoms with Crippen molar-refractivity contribution in [3.63, 3.8) is 0 Å². The summed E-state index contributed by atoms with van der Waals surface area (Å²) in [6, 6.07) is -1.03. The van der Waals surface area contributed by atoms with Crippen molar-refractivity contribution in [1.82, 2.24) is 5.32 Å². The number of aliphatic hydroxyl groups is 5. The molecule has 8 unspecified atom stereocenters. The molecule has 11 heteroatoms. The van der Waals surface area contributed by atoms with Gasteiger partial charge in [-0.3, -0.25) is 9.59 Å². The number of esters is 1. The molecule has 1 saturated heterocycles. The minimum atomic E-state index is -1.61. The molecule has 1 heterocycles. The number of unbranched alkanes of at least 4 members (excludes halogenated alkanes) is 28. The fourth-order valence-electron chi connectivity index (χ4n) is 9.44. The Balaban J connectivity index is 2.67. The molecule has 0 bridgehead atoms. The van der Waals surface area contributed by atoms with Crippen molar-refractivity contribution < 1.29 is 49.3 Å². The van der Waals surface area contributed by atoms with Crippen LogP contribution in [-0.4, -0.2) is 99.6 Å². The van der Waals surface area contributed by atoms with Gasteiger partial charge in [0.05, 0.1) is 25.4 Å². The first-order chi connectivity index (χ1) is 37.2. The second-order valence-corrected chi connectivity index (χ2v) is 21.4. The van der Waals surface area contributed by atoms with E-state index in [9.17, 15) is 35.1 Å². The molecule has 11 nitrogen and oxygen atoms in total. The van der Waals surface area contributed by atoms with Gasteiger partial charge in [0, 0.05) is 6.42 Å². The van der Waals surface area contributed by atoms with Crippen molar-refractivity contribution in [2.75, 3.05) is 13.2 Å². The van der Waals surface area contributed by atoms with Gasteiger partial charge in [-0.2, -0.15) is 0 Å². The lowest BCUT2D eigenvalue weighted by molar-refractivity contribution is -0.305. The normalized spacial score (nSPS) is 19.6. The van der Waals surface area contributed by atoms with Crippen LogP contribution in [0.3, 0.4) is 0 Å². The quantitative estimate of drug-likeness (QED) is 0.0195. The fraction of sp³-hybridized carbons (Fsp3) is 0.785. The molecule has 6 N–H and O–H groups in total. The summed E-state index contributed by atoms with van der Waals surface area (Å²) in [5.74, 6) is -1.20. The van der Waals surface area contributed by atoms with Gasteiger partial charge in [-0.15, -0.1) is 0 Å². The highest BCUT2D eigenvalue weighted by molar-refractivity contribution is 5.80. The summed E-state index contributed by atoms with van der Waals surface area (Å²) in [5.41, 5.74) is 0. The minimum Gasteiger partial charge on any atom is -0.454 e. The number of aliphatic hydroxyl groups excluding tert-OH is 5. The molecule has 1 aliphatic heterocycles. The van der Waals surface area contributed by atoms with Crippen LogP contribution in [0.15, 0.2) is 72.9 Å². The molecule has 440 valence electrons. The molecule has 76 heavy (non-hydrogen) atoms. The monoisotopic (exact) mass is 1070 g/mol. The van der Waals surface area contributed by atoms with Gasteiger partial charge in [0.15, 0.2) is 12.4 Å². The molecular weight excluding hydrogens is 955 g/mol. The van der Waals surface area contributed by atoms with Gasteiger partial charge in [0.25, 0.3) is 0 Å². The lowest BCUT2D eigenvalue weighted by Gasteiger charge is -2.41. The summed E-state index contributed by atoms with van der Waals surface area (Å²) in [6.07, 6.45) is 56.5. The van der Waals surface area contributed by atoms with Crippen molar-refractivity contribution in [2.24, 2.45) is 0 Å². The summed E-state index contributed by atoms with van der Waals surface area (Å²) in [4.78, 5) is 26.5. The zero-order valence-corrected chi connectivity index (χ0v) is 48.6. The lowest BCUT2D eigenvalue weighted by atomic mass is 9.99. The molecule has 0 aliphatic carbocycles. The van der Waals surface area contributed by atoms with Crippen LogP contribution in [0.25, 0.3) is 0 Å². The number of rotatable bonds is 52. The second kappa shape index (κ2) is 52.8. The minimum absolute atomic E-state index is 0.123. The van der Waals surface area contributed by atoms with Gasteiger partial charge in [-0.1, -0.05) is 261 Å². The van der Waals surface area contributed by atoms with Crippen molar-refractivity contribution in [3.8, 4) is 0 Å². The van der Waals surface area contributed by atoms with Crippen LogP contribution < -0.4 is 5.32 Å². The first-order valence-electron chi connectivity index (χ1n) is 31.2. The molecule has 1 rings (SSSR count). The average Bonchev–Trinajstić information content (AvgIpc) is 3.42. The van der Waals surface area contributed by atoms with Gasteiger partial charge in [-0.25, -0.2) is 0 Å². The lowest BCUT2D eigenvalue weighted by Crippen LogP contribution is -2.61. The summed E-state index contributed by atoms with van der Waals surface area (Å²) in [7, 11) is 0. The smallest absolute Gasteiger partial charge is 0.306 e. The Morgan fingerprint density at radius 1 is 0.526 bits per heavy atom. The molecule has 0 saturated carbocycles. The maximum atomic E-state index is 13.4. The van der Waals surface area contributed by atoms with E-state index in [0.717, 1.165) is 109 Å². The van der Waals surface area contributed by atoms with Crippen LogP contribution in [0, 0.1) is 0 Å². The highest BCUT2D eigenvalue weighted by atomic mass is 16.7. The maximum Gasteiger partial charge on any atom is 0.306 e. The summed E-state index contributed by atoms with van der Waals surface area (Å²) in [5, 5.41) is 56.9. The molecule has 0 aromatic carbocycles. The van der Waals surface area contributed by atoms with Crippen LogP contribution in [0.2, 0.25) is 0 Å². The summed E-state index contributed by atoms with van der Waals surface area (Å²) >= 11 is 0. The van der Waals surface area contributed by atoms with Crippen LogP contribution in [-0.2, 0) is 23.8 Å². The summed E-state index contributed by atoms with van der Waals surface area (Å²) < 4.78 is 17.6. The van der Waals surface area contributed by atoms with E-state index >= 15 is 0 Å². The van der Waals surface area contributed by atoms with E-state index in [-0.39, 0.29) is 19.4 Å². The van der Waals surface area contributed by atoms with Crippen LogP contribution in [0.4, 0.5) is 0 Å². The van der Waals surface area contributed by atoms with Gasteiger partial charge >= 0.3 is 5.97 Å². The molecule has 1 aliphatic rings. The molecule has 0 spiro atoms. The highest BCUT2D eigenvalue weighted by Gasteiger charge is 2.47. The first-order valence-corrected chi connectivity index (χ1v) is 31.2. The van der Waals surface area contributed by atoms with Gasteiger partial charge in [0.2, 0.25) is 5.91 Å². The van der Waals surface area contributed by atoms with Crippen molar-refractivity contribution >= 4 is 11.9 Å². The number of carbonyl (C=O) groups excluding carboxylic acids is 2. The van der Waals surface area contributed by atoms with E-state index in [1.54, 1.807) is 6.08 Å². The Kier molecular flexibility index (Phi) is 49.4. The zero-order chi connectivity index (χ0) is 55.4. The second-order valence-electron chi connectivity index (χ2n) is 21.4. The highest BCUT2D eigenvalue weighted by Crippen LogP contribution is 2.26. The number of ether oxygens (including phenoxy) is 3. The van der Waals surface area contributed by atoms with E-state index in [2.05, 4.69) is 86.8 Å². The van der Waals surface area contributed by atoms with E-state index < -0.39 is 67.4 Å². The maximum absolute atomic E-state index is 13.4. The topological polar surface area (TPSA) is 175 Å². The van der Waals surface area contributed by atoms with Gasteiger partial charge in [-0.05, 0) is 70.6 Å². The van der Waals surface area contributed by atoms with E-state index in [0.29, 0.717) is 12.8 Å². The molecule has 1 fully saturated rings. The van der Waals surface area contributed by atoms with Crippen LogP contribution >= 0.6 is 0 Å². The van der Waals surface area contributed by atoms with Crippen molar-refractivity contribution in [1.29, 1.82) is 0 Å². The predicted molar refractivity (Wildman–Crippen MR) is 315 cm³/mol. The number of hydrogen-bond acceptors (Lipinski definition) is 10. The standard InChI is InChI=1S/C65H115NO10/c1-4-7-10-13-16-19-22-25-26-27-28-29-30-31-32-33-35-37-40-43-46-49-52-58(69)64(73)66-56(57(68)51-48-45-42-39-36-24-21-18-15-12-9-6-3)55-74-65-63(62(72)61(71)59(54-67)75-65)76-60(70)53-50-47-44-41-38-34-23-20-17-14-11-8-5-2/h7,10,16,19,25-26,28-29,31-32,48,51,56-59,61-63,65,67-69,71-72H,4-6,8-9,11-15,17-18,20-24,27,30,33-47,49-50,52-55H2,1-3H3,(H,66,73)/b10-7-,19-16-,26-25-,29-28-,32-31-,51-48+. The predicted octanol–water partition coefficient (Wildman–Crippen LogP) is 14.8. The Morgan fingerprint density at radius 2 is 0.947 bits per heavy atom. The van der Waals surface area contributed by atoms with Gasteiger partial charge < -0.3 is 45.1 Å². The number of hydrogen-bond donors (Lipinski definition) is 6. The molecule has 0 radical (unpaired) electrons. The first kappa shape index (κ1) is 71.1. The van der Waals surface area contributed by atoms with Crippen LogP contribution in [0.5, 0.6) is 0 Å². The largest absolute Gasteiger partial charge is 0.454 e. The fourth-order valence-corrected chi connectivity index (χ4v) is 9.44. The summed E-state index contributed by atoms with van der Waals surface area (Å²) in [6.45, 7) is 5.67. The Morgan fingerprint density at radius 3 is 1.42 bits per heavy atom. The number of amides is 1. The van der Waals surface area contributed by atoms with Crippen molar-refractivity contribution in [2.45, 2.75) is 314 Å². The third kappa shape index (κ3) is 40.3. The number of nitrogens with one attached hydrogen (secondary N) is 1. The SMILES string of the molecule is CC/C=C\C/C=C\C/C=C\C/C=C\C/C=C\CCCCCCCCC(O)C(=O)NC(COC1OC(CO)C(O)C(O)C1OC(=O)CCCCCCCCCCCCCCC)C(O)/C=C/CCCCCCCCCCCC. The number of carbonyl (C=O) groups is 2. The average molecular weight is 1070 g/mol. The molecule has 0 aromatic heterocycles. The van der Waals surface area contributed by atoms with E-state index in [1.165, 1.54) is 109 Å². The Hall–Kier alpha value is -2.90. The molecule has 0 aromatic rings.